The van der Waals surface area contributed by atoms with Crippen molar-refractivity contribution in [2.45, 2.75) is 0 Å². The molecule has 0 bridgehead atoms. The van der Waals surface area contributed by atoms with E-state index in [0.717, 1.165) is 5.69 Å². The molecule has 0 spiro atoms. The molecule has 13 heavy (non-hydrogen) atoms. The zero-order chi connectivity index (χ0) is 10.3. The Balaban J connectivity index is 0.000000252. The quantitative estimate of drug-likeness (QED) is 0.499. The van der Waals surface area contributed by atoms with Crippen LogP contribution >= 0.6 is 11.8 Å². The Kier molecular flexibility index (Phi) is 5.40. The molecular weight excluding hydrogens is 218 g/mol. The van der Waals surface area contributed by atoms with Crippen molar-refractivity contribution in [1.29, 1.82) is 0 Å². The van der Waals surface area contributed by atoms with E-state index in [-0.39, 0.29) is 0 Å². The second kappa shape index (κ2) is 5.76. The second-order valence-corrected chi connectivity index (χ2v) is 2.99. The molecule has 0 aliphatic carbocycles. The summed E-state index contributed by atoms with van der Waals surface area (Å²) in [7, 11) is -4.67. The molecule has 74 valence electrons. The van der Waals surface area contributed by atoms with Gasteiger partial charge in [-0.15, -0.1) is 0 Å². The van der Waals surface area contributed by atoms with Crippen LogP contribution in [0.4, 0.5) is 5.69 Å². The summed E-state index contributed by atoms with van der Waals surface area (Å²) in [6, 6.07) is 9.58. The van der Waals surface area contributed by atoms with E-state index in [4.69, 9.17) is 29.3 Å². The number of hydrogen-bond donors (Lipinski definition) is 3. The fraction of sp³-hybridized carbons (Fsp3) is 0. The molecule has 7 heteroatoms. The summed E-state index contributed by atoms with van der Waals surface area (Å²) in [6.07, 6.45) is 0. The van der Waals surface area contributed by atoms with Crippen molar-refractivity contribution in [2.75, 3.05) is 4.84 Å². The summed E-state index contributed by atoms with van der Waals surface area (Å²) in [4.78, 5) is 2.50. The Labute approximate surface area is 81.0 Å². The van der Waals surface area contributed by atoms with E-state index in [1.165, 1.54) is 0 Å². The highest BCUT2D eigenvalue weighted by Gasteiger charge is 1.84. The van der Waals surface area contributed by atoms with Crippen LogP contribution in [0.25, 0.3) is 0 Å². The van der Waals surface area contributed by atoms with Gasteiger partial charge in [0, 0.05) is 17.5 Å². The van der Waals surface area contributed by atoms with Gasteiger partial charge in [0.2, 0.25) is 0 Å². The van der Waals surface area contributed by atoms with Gasteiger partial charge in [-0.1, -0.05) is 18.2 Å². The minimum atomic E-state index is -4.67. The average Bonchev–Trinajstić information content (AvgIpc) is 2.03. The van der Waals surface area contributed by atoms with Crippen LogP contribution in [0, 0.1) is 0 Å². The van der Waals surface area contributed by atoms with E-state index in [0.29, 0.717) is 0 Å². The average molecular weight is 226 g/mol. The normalized spacial score (nSPS) is 9.77. The third kappa shape index (κ3) is 11.2. The molecule has 0 unspecified atom stereocenters. The van der Waals surface area contributed by atoms with Crippen LogP contribution in [-0.2, 0) is 10.4 Å². The smallest absolute Gasteiger partial charge is 0.299 e. The van der Waals surface area contributed by atoms with Gasteiger partial charge < -0.3 is 0 Å². The number of para-hydroxylation sites is 1. The van der Waals surface area contributed by atoms with Crippen LogP contribution in [0.3, 0.4) is 0 Å². The van der Waals surface area contributed by atoms with Gasteiger partial charge in [-0.2, -0.15) is 8.42 Å². The van der Waals surface area contributed by atoms with Crippen LogP contribution in [0.1, 0.15) is 0 Å². The van der Waals surface area contributed by atoms with Crippen molar-refractivity contribution in [3.05, 3.63) is 30.3 Å². The molecule has 0 amide bonds. The van der Waals surface area contributed by atoms with Gasteiger partial charge in [-0.25, -0.2) is 0 Å². The van der Waals surface area contributed by atoms with Crippen molar-refractivity contribution >= 4 is 27.9 Å². The fourth-order valence-corrected chi connectivity index (χ4v) is 0.627. The molecule has 3 N–H and O–H groups in total. The maximum Gasteiger partial charge on any atom is 0.394 e. The lowest BCUT2D eigenvalue weighted by atomic mass is 10.3. The van der Waals surface area contributed by atoms with Gasteiger partial charge >= 0.3 is 10.4 Å². The van der Waals surface area contributed by atoms with Gasteiger partial charge in [-0.3, -0.25) is 13.9 Å². The summed E-state index contributed by atoms with van der Waals surface area (Å²) < 4.78 is 31.6. The van der Waals surface area contributed by atoms with Crippen molar-refractivity contribution in [3.63, 3.8) is 0 Å². The highest BCUT2D eigenvalue weighted by atomic mass is 35.5. The topological polar surface area (TPSA) is 86.6 Å². The van der Waals surface area contributed by atoms with Crippen molar-refractivity contribution < 1.29 is 17.5 Å². The molecule has 0 aliphatic rings. The first kappa shape index (κ1) is 12.2. The Morgan fingerprint density at radius 3 is 1.77 bits per heavy atom. The van der Waals surface area contributed by atoms with E-state index in [1.807, 2.05) is 30.3 Å². The maximum atomic E-state index is 8.74. The minimum Gasteiger partial charge on any atom is -0.299 e. The van der Waals surface area contributed by atoms with Crippen LogP contribution in [0.5, 0.6) is 0 Å². The van der Waals surface area contributed by atoms with Crippen molar-refractivity contribution in [3.8, 4) is 0 Å². The van der Waals surface area contributed by atoms with E-state index in [2.05, 4.69) is 4.84 Å². The van der Waals surface area contributed by atoms with Gasteiger partial charge in [0.15, 0.2) is 0 Å². The number of benzene rings is 1. The van der Waals surface area contributed by atoms with E-state index in [1.54, 1.807) is 0 Å². The largest absolute Gasteiger partial charge is 0.394 e. The summed E-state index contributed by atoms with van der Waals surface area (Å²) in [5.74, 6) is 0. The lowest BCUT2D eigenvalue weighted by molar-refractivity contribution is 0.381. The third-order valence-electron chi connectivity index (χ3n) is 0.883. The molecule has 1 aromatic carbocycles. The van der Waals surface area contributed by atoms with Gasteiger partial charge in [0.05, 0.1) is 0 Å². The maximum absolute atomic E-state index is 8.74. The Morgan fingerprint density at radius 2 is 1.54 bits per heavy atom. The number of hydrogen-bond acceptors (Lipinski definition) is 3. The summed E-state index contributed by atoms with van der Waals surface area (Å²) in [5, 5.41) is 0. The number of nitrogens with one attached hydrogen (secondary N) is 1. The molecule has 0 saturated heterocycles. The van der Waals surface area contributed by atoms with Gasteiger partial charge in [0.1, 0.15) is 0 Å². The predicted molar refractivity (Wildman–Crippen MR) is 50.1 cm³/mol. The Hall–Kier alpha value is -0.820. The van der Waals surface area contributed by atoms with Crippen molar-refractivity contribution in [1.82, 2.24) is 0 Å². The third-order valence-corrected chi connectivity index (χ3v) is 1.10. The first-order chi connectivity index (χ1) is 5.93. The highest BCUT2D eigenvalue weighted by Crippen LogP contribution is 2.04. The zero-order valence-electron chi connectivity index (χ0n) is 6.38. The van der Waals surface area contributed by atoms with Gasteiger partial charge in [0.25, 0.3) is 0 Å². The number of rotatable bonds is 1. The second-order valence-electron chi connectivity index (χ2n) is 1.91. The molecule has 0 aliphatic heterocycles. The number of anilines is 1. The molecule has 0 heterocycles. The monoisotopic (exact) mass is 225 g/mol. The van der Waals surface area contributed by atoms with E-state index >= 15 is 0 Å². The lowest BCUT2D eigenvalue weighted by Crippen LogP contribution is -1.89. The molecule has 0 atom stereocenters. The van der Waals surface area contributed by atoms with Crippen LogP contribution in [0.2, 0.25) is 0 Å². The zero-order valence-corrected chi connectivity index (χ0v) is 7.96. The van der Waals surface area contributed by atoms with Crippen molar-refractivity contribution in [2.24, 2.45) is 0 Å². The molecule has 0 radical (unpaired) electrons. The highest BCUT2D eigenvalue weighted by molar-refractivity contribution is 7.79. The van der Waals surface area contributed by atoms with Gasteiger partial charge in [-0.05, 0) is 12.1 Å². The molecule has 5 nitrogen and oxygen atoms in total. The molecule has 0 aromatic heterocycles. The van der Waals surface area contributed by atoms with Crippen LogP contribution in [0.15, 0.2) is 30.3 Å². The molecule has 0 fully saturated rings. The summed E-state index contributed by atoms with van der Waals surface area (Å²) in [5.41, 5.74) is 0.925. The first-order valence-electron chi connectivity index (χ1n) is 3.05. The Morgan fingerprint density at radius 1 is 1.15 bits per heavy atom. The summed E-state index contributed by atoms with van der Waals surface area (Å²) >= 11 is 5.28. The molecule has 1 aromatic rings. The molecular formula is C6H8ClNO4S. The van der Waals surface area contributed by atoms with E-state index in [9.17, 15) is 0 Å². The first-order valence-corrected chi connectivity index (χ1v) is 4.82. The summed E-state index contributed by atoms with van der Waals surface area (Å²) in [6.45, 7) is 0. The van der Waals surface area contributed by atoms with E-state index < -0.39 is 10.4 Å². The molecule has 1 rings (SSSR count). The predicted octanol–water partition coefficient (Wildman–Crippen LogP) is 1.60. The lowest BCUT2D eigenvalue weighted by Gasteiger charge is -1.91. The fourth-order valence-electron chi connectivity index (χ4n) is 0.501. The number of halogens is 1. The molecule has 0 saturated carbocycles. The minimum absolute atomic E-state index is 0.925. The van der Waals surface area contributed by atoms with Crippen LogP contribution in [-0.4, -0.2) is 17.5 Å². The SMILES string of the molecule is ClNc1ccccc1.O=S(=O)(O)O. The van der Waals surface area contributed by atoms with Crippen LogP contribution < -0.4 is 4.84 Å². The Bertz CT molecular complexity index is 318. The standard InChI is InChI=1S/C6H6ClN.H2O4S/c7-8-6-4-2-1-3-5-6;1-5(2,3)4/h1-5,8H;(H2,1,2,3,4).